The molecule has 1 atom stereocenters. The fourth-order valence-electron chi connectivity index (χ4n) is 1.03. The van der Waals surface area contributed by atoms with Crippen LogP contribution >= 0.6 is 15.9 Å². The molecule has 0 bridgehead atoms. The Morgan fingerprint density at radius 2 is 1.86 bits per heavy atom. The molecule has 0 aliphatic heterocycles. The summed E-state index contributed by atoms with van der Waals surface area (Å²) in [7, 11) is 0. The van der Waals surface area contributed by atoms with Crippen molar-refractivity contribution in [3.05, 3.63) is 35.9 Å². The Labute approximate surface area is 89.9 Å². The summed E-state index contributed by atoms with van der Waals surface area (Å²) in [5, 5.41) is 8.50. The fourth-order valence-corrected chi connectivity index (χ4v) is 1.57. The predicted octanol–water partition coefficient (Wildman–Crippen LogP) is 2.11. The Bertz CT molecular complexity index is 334. The first-order valence-electron chi connectivity index (χ1n) is 4.06. The molecule has 74 valence electrons. The molecule has 0 aromatic heterocycles. The lowest BCUT2D eigenvalue weighted by molar-refractivity contribution is -0.136. The number of Topliss-reactive ketones (excluding diaryl/α,β-unsaturated/α-hetero) is 1. The second-order valence-corrected chi connectivity index (χ2v) is 3.90. The van der Waals surface area contributed by atoms with Crippen molar-refractivity contribution in [2.24, 2.45) is 0 Å². The molecule has 0 fully saturated rings. The summed E-state index contributed by atoms with van der Waals surface area (Å²) in [6, 6.07) is 8.62. The van der Waals surface area contributed by atoms with Crippen LogP contribution in [0.15, 0.2) is 30.3 Å². The molecule has 14 heavy (non-hydrogen) atoms. The lowest BCUT2D eigenvalue weighted by atomic mass is 10.1. The zero-order chi connectivity index (χ0) is 10.6. The molecule has 0 unspecified atom stereocenters. The number of carbonyl (C=O) groups excluding carboxylic acids is 1. The van der Waals surface area contributed by atoms with Crippen molar-refractivity contribution in [3.8, 4) is 0 Å². The van der Waals surface area contributed by atoms with E-state index in [0.29, 0.717) is 5.56 Å². The SMILES string of the molecule is O=C(O)C[C@H](Br)C(=O)c1ccccc1. The fraction of sp³-hybridized carbons (Fsp3) is 0.200. The number of carboxylic acid groups (broad SMARTS) is 1. The molecule has 0 saturated heterocycles. The van der Waals surface area contributed by atoms with Crippen molar-refractivity contribution in [3.63, 3.8) is 0 Å². The van der Waals surface area contributed by atoms with Gasteiger partial charge < -0.3 is 5.11 Å². The first-order chi connectivity index (χ1) is 6.61. The maximum atomic E-state index is 11.6. The maximum absolute atomic E-state index is 11.6. The number of hydrogen-bond donors (Lipinski definition) is 1. The van der Waals surface area contributed by atoms with Crippen molar-refractivity contribution >= 4 is 27.7 Å². The van der Waals surface area contributed by atoms with Crippen molar-refractivity contribution in [2.75, 3.05) is 0 Å². The number of hydrogen-bond acceptors (Lipinski definition) is 2. The van der Waals surface area contributed by atoms with E-state index in [4.69, 9.17) is 5.11 Å². The molecule has 1 aromatic rings. The highest BCUT2D eigenvalue weighted by atomic mass is 79.9. The van der Waals surface area contributed by atoms with E-state index in [9.17, 15) is 9.59 Å². The van der Waals surface area contributed by atoms with E-state index in [1.807, 2.05) is 0 Å². The maximum Gasteiger partial charge on any atom is 0.304 e. The molecule has 0 radical (unpaired) electrons. The molecular formula is C10H9BrO3. The second-order valence-electron chi connectivity index (χ2n) is 2.80. The summed E-state index contributed by atoms with van der Waals surface area (Å²) < 4.78 is 0. The number of alkyl halides is 1. The van der Waals surface area contributed by atoms with Crippen LogP contribution in [0.25, 0.3) is 0 Å². The predicted molar refractivity (Wildman–Crippen MR) is 55.7 cm³/mol. The summed E-state index contributed by atoms with van der Waals surface area (Å²) in [4.78, 5) is 21.3. The van der Waals surface area contributed by atoms with E-state index in [0.717, 1.165) is 0 Å². The Balaban J connectivity index is 2.71. The molecule has 0 heterocycles. The molecule has 1 rings (SSSR count). The molecular weight excluding hydrogens is 248 g/mol. The normalized spacial score (nSPS) is 12.1. The number of aliphatic carboxylic acids is 1. The van der Waals surface area contributed by atoms with E-state index in [1.165, 1.54) is 0 Å². The van der Waals surface area contributed by atoms with E-state index in [-0.39, 0.29) is 12.2 Å². The minimum absolute atomic E-state index is 0.201. The lowest BCUT2D eigenvalue weighted by Gasteiger charge is -2.05. The van der Waals surface area contributed by atoms with Gasteiger partial charge in [-0.3, -0.25) is 9.59 Å². The van der Waals surface area contributed by atoms with E-state index in [2.05, 4.69) is 15.9 Å². The van der Waals surface area contributed by atoms with Crippen LogP contribution in [0.5, 0.6) is 0 Å². The lowest BCUT2D eigenvalue weighted by Crippen LogP contribution is -2.17. The smallest absolute Gasteiger partial charge is 0.304 e. The monoisotopic (exact) mass is 256 g/mol. The van der Waals surface area contributed by atoms with Crippen molar-refractivity contribution < 1.29 is 14.7 Å². The highest BCUT2D eigenvalue weighted by Crippen LogP contribution is 2.13. The molecule has 1 N–H and O–H groups in total. The van der Waals surface area contributed by atoms with Crippen molar-refractivity contribution in [2.45, 2.75) is 11.2 Å². The number of carbonyl (C=O) groups is 2. The van der Waals surface area contributed by atoms with Gasteiger partial charge in [-0.2, -0.15) is 0 Å². The van der Waals surface area contributed by atoms with Gasteiger partial charge in [-0.25, -0.2) is 0 Å². The van der Waals surface area contributed by atoms with Crippen LogP contribution in [0.1, 0.15) is 16.8 Å². The van der Waals surface area contributed by atoms with Gasteiger partial charge in [0.25, 0.3) is 0 Å². The average molecular weight is 257 g/mol. The molecule has 0 saturated carbocycles. The largest absolute Gasteiger partial charge is 0.481 e. The molecule has 1 aromatic carbocycles. The van der Waals surface area contributed by atoms with Gasteiger partial charge in [0, 0.05) is 5.56 Å². The Morgan fingerprint density at radius 1 is 1.29 bits per heavy atom. The van der Waals surface area contributed by atoms with Gasteiger partial charge in [-0.1, -0.05) is 46.3 Å². The third-order valence-corrected chi connectivity index (χ3v) is 2.44. The van der Waals surface area contributed by atoms with Gasteiger partial charge in [0.05, 0.1) is 11.2 Å². The van der Waals surface area contributed by atoms with Crippen LogP contribution < -0.4 is 0 Å². The van der Waals surface area contributed by atoms with E-state index < -0.39 is 10.8 Å². The average Bonchev–Trinajstić information content (AvgIpc) is 2.17. The van der Waals surface area contributed by atoms with Gasteiger partial charge in [0.15, 0.2) is 5.78 Å². The van der Waals surface area contributed by atoms with Crippen LogP contribution in [0.4, 0.5) is 0 Å². The standard InChI is InChI=1S/C10H9BrO3/c11-8(6-9(12)13)10(14)7-4-2-1-3-5-7/h1-5,8H,6H2,(H,12,13)/t8-/m0/s1. The number of benzene rings is 1. The third-order valence-electron chi connectivity index (χ3n) is 1.70. The topological polar surface area (TPSA) is 54.4 Å². The van der Waals surface area contributed by atoms with Crippen LogP contribution in [-0.2, 0) is 4.79 Å². The quantitative estimate of drug-likeness (QED) is 0.663. The Kier molecular flexibility index (Phi) is 3.83. The summed E-state index contributed by atoms with van der Waals surface area (Å²) in [5.74, 6) is -1.19. The molecule has 0 aliphatic rings. The molecule has 3 nitrogen and oxygen atoms in total. The minimum Gasteiger partial charge on any atom is -0.481 e. The number of carboxylic acids is 1. The van der Waals surface area contributed by atoms with Crippen molar-refractivity contribution in [1.82, 2.24) is 0 Å². The second kappa shape index (κ2) is 4.91. The Morgan fingerprint density at radius 3 is 2.36 bits per heavy atom. The zero-order valence-electron chi connectivity index (χ0n) is 7.31. The molecule has 0 amide bonds. The van der Waals surface area contributed by atoms with Gasteiger partial charge in [0.1, 0.15) is 0 Å². The van der Waals surface area contributed by atoms with Crippen molar-refractivity contribution in [1.29, 1.82) is 0 Å². The van der Waals surface area contributed by atoms with E-state index in [1.54, 1.807) is 30.3 Å². The van der Waals surface area contributed by atoms with Crippen LogP contribution in [0.3, 0.4) is 0 Å². The third kappa shape index (κ3) is 2.96. The van der Waals surface area contributed by atoms with Gasteiger partial charge in [-0.05, 0) is 0 Å². The molecule has 4 heteroatoms. The van der Waals surface area contributed by atoms with Crippen LogP contribution in [0, 0.1) is 0 Å². The summed E-state index contributed by atoms with van der Waals surface area (Å²) in [6.07, 6.45) is -0.201. The minimum atomic E-state index is -0.990. The van der Waals surface area contributed by atoms with Gasteiger partial charge in [0.2, 0.25) is 0 Å². The highest BCUT2D eigenvalue weighted by molar-refractivity contribution is 9.10. The first kappa shape index (κ1) is 10.9. The number of halogens is 1. The highest BCUT2D eigenvalue weighted by Gasteiger charge is 2.19. The van der Waals surface area contributed by atoms with E-state index >= 15 is 0 Å². The Hall–Kier alpha value is -1.16. The summed E-state index contributed by atoms with van der Waals surface area (Å²) in [5.41, 5.74) is 0.524. The van der Waals surface area contributed by atoms with Crippen LogP contribution in [-0.4, -0.2) is 21.7 Å². The zero-order valence-corrected chi connectivity index (χ0v) is 8.90. The van der Waals surface area contributed by atoms with Crippen LogP contribution in [0.2, 0.25) is 0 Å². The van der Waals surface area contributed by atoms with Gasteiger partial charge >= 0.3 is 5.97 Å². The molecule has 0 aliphatic carbocycles. The molecule has 0 spiro atoms. The number of rotatable bonds is 4. The number of ketones is 1. The summed E-state index contributed by atoms with van der Waals surface area (Å²) in [6.45, 7) is 0. The summed E-state index contributed by atoms with van der Waals surface area (Å²) >= 11 is 3.05. The first-order valence-corrected chi connectivity index (χ1v) is 4.98. The van der Waals surface area contributed by atoms with Gasteiger partial charge in [-0.15, -0.1) is 0 Å².